The molecular formula is C13H15F3N2O2S. The smallest absolute Gasteiger partial charge is 0.207 e. The van der Waals surface area contributed by atoms with Crippen molar-refractivity contribution in [2.45, 2.75) is 24.9 Å². The highest BCUT2D eigenvalue weighted by Gasteiger charge is 2.33. The minimum Gasteiger partial charge on any atom is -0.207 e. The Labute approximate surface area is 121 Å². The van der Waals surface area contributed by atoms with Crippen molar-refractivity contribution in [3.05, 3.63) is 29.8 Å². The van der Waals surface area contributed by atoms with Gasteiger partial charge in [0.25, 0.3) is 0 Å². The summed E-state index contributed by atoms with van der Waals surface area (Å²) >= 11 is 0. The average molecular weight is 320 g/mol. The SMILES string of the molecule is CCN(CC(C)C#N)S(=O)(=O)c1cccc(C(F)(F)F)c1. The van der Waals surface area contributed by atoms with E-state index in [2.05, 4.69) is 0 Å². The summed E-state index contributed by atoms with van der Waals surface area (Å²) < 4.78 is 63.6. The minimum atomic E-state index is -4.61. The summed E-state index contributed by atoms with van der Waals surface area (Å²) in [5.41, 5.74) is -1.02. The molecule has 1 aromatic carbocycles. The third-order valence-electron chi connectivity index (χ3n) is 2.85. The van der Waals surface area contributed by atoms with Crippen LogP contribution in [0.5, 0.6) is 0 Å². The summed E-state index contributed by atoms with van der Waals surface area (Å²) in [4.78, 5) is -0.427. The molecule has 0 heterocycles. The first-order valence-corrected chi connectivity index (χ1v) is 7.64. The van der Waals surface area contributed by atoms with Gasteiger partial charge in [-0.3, -0.25) is 0 Å². The van der Waals surface area contributed by atoms with E-state index in [1.807, 2.05) is 6.07 Å². The lowest BCUT2D eigenvalue weighted by molar-refractivity contribution is -0.137. The zero-order chi connectivity index (χ0) is 16.3. The van der Waals surface area contributed by atoms with Crippen molar-refractivity contribution in [1.82, 2.24) is 4.31 Å². The molecule has 0 saturated heterocycles. The molecule has 0 aliphatic heterocycles. The van der Waals surface area contributed by atoms with E-state index in [4.69, 9.17) is 5.26 Å². The number of hydrogen-bond acceptors (Lipinski definition) is 3. The van der Waals surface area contributed by atoms with E-state index in [1.165, 1.54) is 0 Å². The first kappa shape index (κ1) is 17.5. The fourth-order valence-electron chi connectivity index (χ4n) is 1.73. The standard InChI is InChI=1S/C13H15F3N2O2S/c1-3-18(9-10(2)8-17)21(19,20)12-6-4-5-11(7-12)13(14,15)16/h4-7,10H,3,9H2,1-2H3. The van der Waals surface area contributed by atoms with Gasteiger partial charge in [0.05, 0.1) is 22.4 Å². The van der Waals surface area contributed by atoms with E-state index in [9.17, 15) is 21.6 Å². The molecule has 0 radical (unpaired) electrons. The molecule has 0 aliphatic rings. The Morgan fingerprint density at radius 1 is 1.38 bits per heavy atom. The van der Waals surface area contributed by atoms with Crippen molar-refractivity contribution in [1.29, 1.82) is 5.26 Å². The van der Waals surface area contributed by atoms with Crippen molar-refractivity contribution in [2.75, 3.05) is 13.1 Å². The van der Waals surface area contributed by atoms with Crippen LogP contribution in [0.2, 0.25) is 0 Å². The summed E-state index contributed by atoms with van der Waals surface area (Å²) in [6, 6.07) is 5.49. The topological polar surface area (TPSA) is 61.2 Å². The Balaban J connectivity index is 3.21. The Morgan fingerprint density at radius 3 is 2.48 bits per heavy atom. The number of sulfonamides is 1. The zero-order valence-corrected chi connectivity index (χ0v) is 12.4. The van der Waals surface area contributed by atoms with Gasteiger partial charge in [0.1, 0.15) is 0 Å². The lowest BCUT2D eigenvalue weighted by atomic mass is 10.2. The maximum atomic E-state index is 12.7. The second-order valence-electron chi connectivity index (χ2n) is 4.51. The van der Waals surface area contributed by atoms with Gasteiger partial charge in [-0.15, -0.1) is 0 Å². The molecule has 0 N–H and O–H groups in total. The van der Waals surface area contributed by atoms with Gasteiger partial charge < -0.3 is 0 Å². The van der Waals surface area contributed by atoms with Crippen LogP contribution < -0.4 is 0 Å². The number of rotatable bonds is 5. The first-order chi connectivity index (χ1) is 9.62. The maximum absolute atomic E-state index is 12.7. The first-order valence-electron chi connectivity index (χ1n) is 6.20. The van der Waals surface area contributed by atoms with Crippen LogP contribution in [-0.4, -0.2) is 25.8 Å². The Bertz CT molecular complexity index is 636. The summed E-state index contributed by atoms with van der Waals surface area (Å²) in [5.74, 6) is -0.550. The van der Waals surface area contributed by atoms with Gasteiger partial charge in [0.2, 0.25) is 10.0 Å². The van der Waals surface area contributed by atoms with Crippen LogP contribution in [0.25, 0.3) is 0 Å². The van der Waals surface area contributed by atoms with Gasteiger partial charge in [0, 0.05) is 13.1 Å². The fourth-order valence-corrected chi connectivity index (χ4v) is 3.31. The second kappa shape index (κ2) is 6.45. The van der Waals surface area contributed by atoms with Crippen molar-refractivity contribution >= 4 is 10.0 Å². The number of benzene rings is 1. The Morgan fingerprint density at radius 2 is 2.00 bits per heavy atom. The predicted molar refractivity (Wildman–Crippen MR) is 70.7 cm³/mol. The summed E-state index contributed by atoms with van der Waals surface area (Å²) in [5, 5.41) is 8.75. The van der Waals surface area contributed by atoms with Gasteiger partial charge in [-0.1, -0.05) is 13.0 Å². The molecule has 21 heavy (non-hydrogen) atoms. The number of halogens is 3. The van der Waals surface area contributed by atoms with Crippen molar-refractivity contribution in [3.8, 4) is 6.07 Å². The third kappa shape index (κ3) is 4.19. The van der Waals surface area contributed by atoms with Crippen LogP contribution in [0.15, 0.2) is 29.2 Å². The van der Waals surface area contributed by atoms with Gasteiger partial charge in [0.15, 0.2) is 0 Å². The zero-order valence-electron chi connectivity index (χ0n) is 11.6. The summed E-state index contributed by atoms with van der Waals surface area (Å²) in [6.07, 6.45) is -4.61. The molecule has 8 heteroatoms. The van der Waals surface area contributed by atoms with Crippen LogP contribution in [-0.2, 0) is 16.2 Å². The van der Waals surface area contributed by atoms with Gasteiger partial charge >= 0.3 is 6.18 Å². The average Bonchev–Trinajstić information content (AvgIpc) is 2.43. The Kier molecular flexibility index (Phi) is 5.36. The highest BCUT2D eigenvalue weighted by atomic mass is 32.2. The molecule has 0 spiro atoms. The van der Waals surface area contributed by atoms with E-state index >= 15 is 0 Å². The number of alkyl halides is 3. The van der Waals surface area contributed by atoms with E-state index in [0.29, 0.717) is 6.07 Å². The largest absolute Gasteiger partial charge is 0.416 e. The van der Waals surface area contributed by atoms with Crippen molar-refractivity contribution < 1.29 is 21.6 Å². The monoisotopic (exact) mass is 320 g/mol. The minimum absolute atomic E-state index is 0.0639. The maximum Gasteiger partial charge on any atom is 0.416 e. The summed E-state index contributed by atoms with van der Waals surface area (Å²) in [6.45, 7) is 3.12. The molecule has 0 saturated carbocycles. The fraction of sp³-hybridized carbons (Fsp3) is 0.462. The molecule has 0 aromatic heterocycles. The summed E-state index contributed by atoms with van der Waals surface area (Å²) in [7, 11) is -4.06. The quantitative estimate of drug-likeness (QED) is 0.838. The van der Waals surface area contributed by atoms with Crippen molar-refractivity contribution in [3.63, 3.8) is 0 Å². The van der Waals surface area contributed by atoms with Crippen LogP contribution in [0.1, 0.15) is 19.4 Å². The van der Waals surface area contributed by atoms with Crippen LogP contribution in [0, 0.1) is 17.2 Å². The van der Waals surface area contributed by atoms with Gasteiger partial charge in [-0.25, -0.2) is 8.42 Å². The highest BCUT2D eigenvalue weighted by Crippen LogP contribution is 2.31. The molecule has 1 unspecified atom stereocenters. The molecule has 0 aliphatic carbocycles. The number of hydrogen-bond donors (Lipinski definition) is 0. The molecule has 4 nitrogen and oxygen atoms in total. The van der Waals surface area contributed by atoms with Crippen LogP contribution >= 0.6 is 0 Å². The van der Waals surface area contributed by atoms with Gasteiger partial charge in [-0.2, -0.15) is 22.7 Å². The van der Waals surface area contributed by atoms with Crippen LogP contribution in [0.3, 0.4) is 0 Å². The van der Waals surface area contributed by atoms with Gasteiger partial charge in [-0.05, 0) is 25.1 Å². The number of nitrogens with zero attached hydrogens (tertiary/aromatic N) is 2. The lowest BCUT2D eigenvalue weighted by Crippen LogP contribution is -2.34. The van der Waals surface area contributed by atoms with E-state index in [1.54, 1.807) is 13.8 Å². The Hall–Kier alpha value is -1.59. The normalized spacial score (nSPS) is 14.0. The molecule has 0 bridgehead atoms. The predicted octanol–water partition coefficient (Wildman–Crippen LogP) is 2.88. The van der Waals surface area contributed by atoms with E-state index in [-0.39, 0.29) is 13.1 Å². The number of nitriles is 1. The van der Waals surface area contributed by atoms with E-state index in [0.717, 1.165) is 22.5 Å². The molecule has 1 rings (SSSR count). The lowest BCUT2D eigenvalue weighted by Gasteiger charge is -2.22. The molecule has 116 valence electrons. The van der Waals surface area contributed by atoms with E-state index < -0.39 is 32.6 Å². The highest BCUT2D eigenvalue weighted by molar-refractivity contribution is 7.89. The molecule has 0 amide bonds. The third-order valence-corrected chi connectivity index (χ3v) is 4.79. The molecular weight excluding hydrogens is 305 g/mol. The second-order valence-corrected chi connectivity index (χ2v) is 6.45. The van der Waals surface area contributed by atoms with Crippen LogP contribution in [0.4, 0.5) is 13.2 Å². The molecule has 0 fully saturated rings. The molecule has 1 aromatic rings. The van der Waals surface area contributed by atoms with Crippen molar-refractivity contribution in [2.24, 2.45) is 5.92 Å². The molecule has 1 atom stereocenters.